The average molecular weight is 661 g/mol. The van der Waals surface area contributed by atoms with E-state index in [1.807, 2.05) is 48.5 Å². The average Bonchev–Trinajstić information content (AvgIpc) is 3.41. The van der Waals surface area contributed by atoms with Crippen LogP contribution in [0.2, 0.25) is 0 Å². The highest BCUT2D eigenvalue weighted by Gasteiger charge is 2.29. The Balaban J connectivity index is 1.10. The number of amides is 2. The van der Waals surface area contributed by atoms with Crippen molar-refractivity contribution in [2.45, 2.75) is 18.4 Å². The van der Waals surface area contributed by atoms with Gasteiger partial charge in [0.15, 0.2) is 0 Å². The summed E-state index contributed by atoms with van der Waals surface area (Å²) in [6.07, 6.45) is 3.60. The van der Waals surface area contributed by atoms with E-state index in [0.717, 1.165) is 22.3 Å². The molecule has 0 saturated carbocycles. The van der Waals surface area contributed by atoms with E-state index in [-0.39, 0.29) is 44.5 Å². The Hall–Kier alpha value is -4.93. The molecular weight excluding hydrogens is 620 g/mol. The molecule has 1 atom stereocenters. The number of hydrogen-bond donors (Lipinski definition) is 3. The number of alkyl carbamates (subject to hydrolysis) is 1. The van der Waals surface area contributed by atoms with Crippen molar-refractivity contribution in [1.82, 2.24) is 10.6 Å². The summed E-state index contributed by atoms with van der Waals surface area (Å²) in [5.41, 5.74) is 4.93. The first-order valence-electron chi connectivity index (χ1n) is 15.6. The van der Waals surface area contributed by atoms with Crippen molar-refractivity contribution in [1.29, 1.82) is 0 Å². The number of aliphatic carboxylic acids is 1. The van der Waals surface area contributed by atoms with Crippen LogP contribution in [0.4, 0.5) is 9.59 Å². The van der Waals surface area contributed by atoms with Crippen molar-refractivity contribution in [3.63, 3.8) is 0 Å². The molecule has 12 nitrogen and oxygen atoms in total. The number of carbonyl (C=O) groups is 3. The van der Waals surface area contributed by atoms with Crippen molar-refractivity contribution < 1.29 is 47.9 Å². The third-order valence-corrected chi connectivity index (χ3v) is 7.32. The van der Waals surface area contributed by atoms with E-state index in [4.69, 9.17) is 34.8 Å². The molecule has 0 aromatic heterocycles. The number of carboxylic acid groups (broad SMARTS) is 1. The molecule has 0 radical (unpaired) electrons. The van der Waals surface area contributed by atoms with Crippen molar-refractivity contribution in [2.24, 2.45) is 0 Å². The fraction of sp³-hybridized carbons (Fsp3) is 0.361. The predicted molar refractivity (Wildman–Crippen MR) is 176 cm³/mol. The molecule has 12 heteroatoms. The minimum atomic E-state index is -1.22. The van der Waals surface area contributed by atoms with Crippen LogP contribution in [0, 0.1) is 12.3 Å². The number of nitrogens with one attached hydrogen (secondary N) is 2. The standard InChI is InChI=1S/C36H40N2O10/c1-2-16-43-18-20-45-22-23-46-21-19-44-17-15-37-35(41)48-27-13-11-26(12-14-27)24-33(34(39)40)38-36(42)47-25-32-30-9-5-3-7-28(30)29-8-4-6-10-31(29)32/h1,3-14,32-33H,15-25H2,(H,37,41)(H,38,42)(H,39,40)/t33-/m0/s1. The van der Waals surface area contributed by atoms with Crippen LogP contribution in [-0.2, 0) is 34.9 Å². The van der Waals surface area contributed by atoms with Crippen LogP contribution < -0.4 is 15.4 Å². The largest absolute Gasteiger partial charge is 0.480 e. The molecule has 3 N–H and O–H groups in total. The van der Waals surface area contributed by atoms with Crippen molar-refractivity contribution in [2.75, 3.05) is 66.0 Å². The van der Waals surface area contributed by atoms with Gasteiger partial charge in [0.1, 0.15) is 25.0 Å². The number of benzene rings is 3. The third kappa shape index (κ3) is 11.4. The number of carboxylic acids is 1. The summed E-state index contributed by atoms with van der Waals surface area (Å²) in [5, 5.41) is 14.8. The zero-order chi connectivity index (χ0) is 34.0. The van der Waals surface area contributed by atoms with Crippen molar-refractivity contribution in [3.05, 3.63) is 89.5 Å². The molecule has 0 aliphatic heterocycles. The van der Waals surface area contributed by atoms with E-state index in [1.165, 1.54) is 0 Å². The fourth-order valence-corrected chi connectivity index (χ4v) is 5.07. The lowest BCUT2D eigenvalue weighted by Crippen LogP contribution is -2.42. The highest BCUT2D eigenvalue weighted by molar-refractivity contribution is 5.81. The van der Waals surface area contributed by atoms with Gasteiger partial charge in [-0.05, 0) is 39.9 Å². The maximum atomic E-state index is 12.7. The van der Waals surface area contributed by atoms with Crippen LogP contribution in [0.1, 0.15) is 22.6 Å². The number of hydrogen-bond acceptors (Lipinski definition) is 9. The number of terminal acetylenes is 1. The van der Waals surface area contributed by atoms with Crippen LogP contribution in [-0.4, -0.2) is 95.3 Å². The maximum absolute atomic E-state index is 12.7. The summed E-state index contributed by atoms with van der Waals surface area (Å²) < 4.78 is 32.0. The highest BCUT2D eigenvalue weighted by atomic mass is 16.6. The zero-order valence-electron chi connectivity index (χ0n) is 26.6. The summed E-state index contributed by atoms with van der Waals surface area (Å²) in [7, 11) is 0. The van der Waals surface area contributed by atoms with Crippen LogP contribution in [0.25, 0.3) is 11.1 Å². The van der Waals surface area contributed by atoms with E-state index in [2.05, 4.69) is 16.6 Å². The molecule has 0 fully saturated rings. The Morgan fingerprint density at radius 1 is 0.750 bits per heavy atom. The van der Waals surface area contributed by atoms with Gasteiger partial charge < -0.3 is 44.2 Å². The highest BCUT2D eigenvalue weighted by Crippen LogP contribution is 2.44. The Morgan fingerprint density at radius 3 is 1.90 bits per heavy atom. The van der Waals surface area contributed by atoms with E-state index in [9.17, 15) is 19.5 Å². The second-order valence-corrected chi connectivity index (χ2v) is 10.6. The topological polar surface area (TPSA) is 151 Å². The first kappa shape index (κ1) is 35.9. The summed E-state index contributed by atoms with van der Waals surface area (Å²) in [6, 6.07) is 21.0. The van der Waals surface area contributed by atoms with Gasteiger partial charge in [0.05, 0.1) is 46.2 Å². The van der Waals surface area contributed by atoms with Crippen molar-refractivity contribution >= 4 is 18.2 Å². The monoisotopic (exact) mass is 660 g/mol. The number of fused-ring (bicyclic) bond motifs is 3. The summed E-state index contributed by atoms with van der Waals surface area (Å²) in [5.74, 6) is 1.30. The van der Waals surface area contributed by atoms with Gasteiger partial charge in [-0.15, -0.1) is 6.42 Å². The van der Waals surface area contributed by atoms with E-state index in [0.29, 0.717) is 45.2 Å². The van der Waals surface area contributed by atoms with Crippen LogP contribution in [0.15, 0.2) is 72.8 Å². The smallest absolute Gasteiger partial charge is 0.412 e. The van der Waals surface area contributed by atoms with Crippen molar-refractivity contribution in [3.8, 4) is 29.2 Å². The van der Waals surface area contributed by atoms with Gasteiger partial charge in [-0.3, -0.25) is 0 Å². The zero-order valence-corrected chi connectivity index (χ0v) is 26.6. The van der Waals surface area contributed by atoms with Gasteiger partial charge in [-0.1, -0.05) is 66.6 Å². The summed E-state index contributed by atoms with van der Waals surface area (Å²) in [6.45, 7) is 3.33. The Morgan fingerprint density at radius 2 is 1.31 bits per heavy atom. The molecule has 0 heterocycles. The summed E-state index contributed by atoms with van der Waals surface area (Å²) >= 11 is 0. The van der Waals surface area contributed by atoms with E-state index in [1.54, 1.807) is 24.3 Å². The second kappa shape index (κ2) is 19.7. The molecule has 1 aliphatic carbocycles. The first-order valence-corrected chi connectivity index (χ1v) is 15.6. The Bertz CT molecular complexity index is 1480. The fourth-order valence-electron chi connectivity index (χ4n) is 5.07. The Kier molecular flexibility index (Phi) is 14.7. The maximum Gasteiger partial charge on any atom is 0.412 e. The molecular formula is C36H40N2O10. The molecule has 0 bridgehead atoms. The van der Waals surface area contributed by atoms with Gasteiger partial charge in [0.2, 0.25) is 0 Å². The minimum absolute atomic E-state index is 0.00218. The molecule has 3 aromatic carbocycles. The van der Waals surface area contributed by atoms with Crippen LogP contribution >= 0.6 is 0 Å². The molecule has 3 aromatic rings. The van der Waals surface area contributed by atoms with E-state index >= 15 is 0 Å². The second-order valence-electron chi connectivity index (χ2n) is 10.6. The molecule has 0 spiro atoms. The normalized spacial score (nSPS) is 12.3. The number of carbonyl (C=O) groups excluding carboxylic acids is 2. The summed E-state index contributed by atoms with van der Waals surface area (Å²) in [4.78, 5) is 36.7. The lowest BCUT2D eigenvalue weighted by molar-refractivity contribution is -0.139. The molecule has 0 saturated heterocycles. The molecule has 2 amide bonds. The molecule has 48 heavy (non-hydrogen) atoms. The van der Waals surface area contributed by atoms with E-state index < -0.39 is 24.2 Å². The predicted octanol–water partition coefficient (Wildman–Crippen LogP) is 4.01. The van der Waals surface area contributed by atoms with Gasteiger partial charge >= 0.3 is 18.2 Å². The van der Waals surface area contributed by atoms with Crippen LogP contribution in [0.3, 0.4) is 0 Å². The van der Waals surface area contributed by atoms with Gasteiger partial charge in [0.25, 0.3) is 0 Å². The third-order valence-electron chi connectivity index (χ3n) is 7.32. The minimum Gasteiger partial charge on any atom is -0.480 e. The van der Waals surface area contributed by atoms with Gasteiger partial charge in [0, 0.05) is 18.9 Å². The number of ether oxygens (including phenoxy) is 6. The van der Waals surface area contributed by atoms with Gasteiger partial charge in [-0.25, -0.2) is 14.4 Å². The van der Waals surface area contributed by atoms with Crippen LogP contribution in [0.5, 0.6) is 5.75 Å². The lowest BCUT2D eigenvalue weighted by atomic mass is 9.98. The molecule has 254 valence electrons. The molecule has 1 aliphatic rings. The lowest BCUT2D eigenvalue weighted by Gasteiger charge is -2.17. The molecule has 0 unspecified atom stereocenters. The SMILES string of the molecule is C#CCOCCOCCOCCOCCNC(=O)Oc1ccc(C[C@H](NC(=O)OCC2c3ccccc3-c3ccccc32)C(=O)O)cc1. The Labute approximate surface area is 279 Å². The number of rotatable bonds is 20. The quantitative estimate of drug-likeness (QED) is 0.120. The molecule has 4 rings (SSSR count). The first-order chi connectivity index (χ1) is 23.5. The van der Waals surface area contributed by atoms with Gasteiger partial charge in [-0.2, -0.15) is 0 Å².